The van der Waals surface area contributed by atoms with E-state index in [9.17, 15) is 8.42 Å². The number of oxazole rings is 1. The van der Waals surface area contributed by atoms with Crippen LogP contribution in [0.1, 0.15) is 32.4 Å². The van der Waals surface area contributed by atoms with Gasteiger partial charge in [-0.2, -0.15) is 0 Å². The lowest BCUT2D eigenvalue weighted by atomic mass is 9.94. The lowest BCUT2D eigenvalue weighted by Gasteiger charge is -2.13. The molecule has 0 amide bonds. The fraction of sp³-hybridized carbons (Fsp3) is 0.471. The van der Waals surface area contributed by atoms with Gasteiger partial charge in [-0.25, -0.2) is 18.1 Å². The van der Waals surface area contributed by atoms with Crippen LogP contribution in [-0.2, 0) is 22.0 Å². The van der Waals surface area contributed by atoms with Crippen molar-refractivity contribution in [3.63, 3.8) is 0 Å². The largest absolute Gasteiger partial charge is 0.443 e. The van der Waals surface area contributed by atoms with E-state index in [1.165, 1.54) is 18.5 Å². The minimum Gasteiger partial charge on any atom is -0.443 e. The van der Waals surface area contributed by atoms with Crippen LogP contribution in [-0.4, -0.2) is 44.5 Å². The van der Waals surface area contributed by atoms with Gasteiger partial charge < -0.3 is 15.1 Å². The Labute approximate surface area is 182 Å². The van der Waals surface area contributed by atoms with Crippen LogP contribution in [0, 0.1) is 0 Å². The monoisotopic (exact) mass is 522 g/mol. The normalized spacial score (nSPS) is 12.4. The molecule has 0 aliphatic carbocycles. The number of pyridine rings is 1. The first kappa shape index (κ1) is 24.3. The summed E-state index contributed by atoms with van der Waals surface area (Å²) in [7, 11) is -1.94. The zero-order chi connectivity index (χ0) is 19.9. The molecule has 11 heteroatoms. The zero-order valence-corrected chi connectivity index (χ0v) is 19.5. The number of hydrogen-bond acceptors (Lipinski definition) is 6. The van der Waals surface area contributed by atoms with Gasteiger partial charge in [0.05, 0.1) is 12.7 Å². The average molecular weight is 522 g/mol. The van der Waals surface area contributed by atoms with Crippen molar-refractivity contribution >= 4 is 40.0 Å². The number of nitrogens with one attached hydrogen (secondary N) is 3. The smallest absolute Gasteiger partial charge is 0.242 e. The summed E-state index contributed by atoms with van der Waals surface area (Å²) in [5, 5.41) is 6.10. The van der Waals surface area contributed by atoms with E-state index in [2.05, 4.69) is 51.1 Å². The van der Waals surface area contributed by atoms with Crippen molar-refractivity contribution < 1.29 is 12.8 Å². The van der Waals surface area contributed by atoms with Gasteiger partial charge >= 0.3 is 0 Å². The zero-order valence-electron chi connectivity index (χ0n) is 16.4. The van der Waals surface area contributed by atoms with Crippen molar-refractivity contribution in [1.82, 2.24) is 25.3 Å². The molecule has 0 aliphatic rings. The summed E-state index contributed by atoms with van der Waals surface area (Å²) in [6.45, 7) is 7.09. The van der Waals surface area contributed by atoms with Crippen LogP contribution in [0.15, 0.2) is 45.0 Å². The van der Waals surface area contributed by atoms with E-state index in [1.807, 2.05) is 0 Å². The van der Waals surface area contributed by atoms with Gasteiger partial charge in [-0.1, -0.05) is 20.8 Å². The molecule has 9 nitrogen and oxygen atoms in total. The Morgan fingerprint density at radius 2 is 1.96 bits per heavy atom. The molecule has 0 fully saturated rings. The van der Waals surface area contributed by atoms with Crippen molar-refractivity contribution in [3.05, 3.63) is 42.4 Å². The van der Waals surface area contributed by atoms with Crippen molar-refractivity contribution in [2.24, 2.45) is 4.99 Å². The molecule has 0 saturated heterocycles. The van der Waals surface area contributed by atoms with Crippen LogP contribution in [0.3, 0.4) is 0 Å². The van der Waals surface area contributed by atoms with E-state index in [1.54, 1.807) is 19.3 Å². The number of hydrogen-bond donors (Lipinski definition) is 3. The Morgan fingerprint density at radius 3 is 2.54 bits per heavy atom. The van der Waals surface area contributed by atoms with Gasteiger partial charge in [-0.3, -0.25) is 9.98 Å². The third-order valence-corrected chi connectivity index (χ3v) is 5.02. The SMILES string of the molecule is CN=C(NCCNS(=O)(=O)c1cccnc1)NCc1ncc(C(C)(C)C)o1.I. The molecule has 2 aromatic rings. The van der Waals surface area contributed by atoms with Crippen molar-refractivity contribution in [3.8, 4) is 0 Å². The summed E-state index contributed by atoms with van der Waals surface area (Å²) in [4.78, 5) is 12.3. The molecule has 0 unspecified atom stereocenters. The summed E-state index contributed by atoms with van der Waals surface area (Å²) >= 11 is 0. The van der Waals surface area contributed by atoms with Gasteiger partial charge in [-0.05, 0) is 12.1 Å². The molecule has 0 aromatic carbocycles. The van der Waals surface area contributed by atoms with Crippen LogP contribution in [0.2, 0.25) is 0 Å². The van der Waals surface area contributed by atoms with E-state index < -0.39 is 10.0 Å². The van der Waals surface area contributed by atoms with Crippen LogP contribution in [0.4, 0.5) is 0 Å². The second kappa shape index (κ2) is 10.7. The summed E-state index contributed by atoms with van der Waals surface area (Å²) in [6, 6.07) is 3.07. The number of guanidine groups is 1. The van der Waals surface area contributed by atoms with E-state index in [0.717, 1.165) is 5.76 Å². The van der Waals surface area contributed by atoms with Gasteiger partial charge in [0.2, 0.25) is 15.9 Å². The number of sulfonamides is 1. The van der Waals surface area contributed by atoms with E-state index >= 15 is 0 Å². The van der Waals surface area contributed by atoms with Crippen LogP contribution < -0.4 is 15.4 Å². The summed E-state index contributed by atoms with van der Waals surface area (Å²) in [6.07, 6.45) is 4.55. The van der Waals surface area contributed by atoms with Gasteiger partial charge in [-0.15, -0.1) is 24.0 Å². The van der Waals surface area contributed by atoms with E-state index in [0.29, 0.717) is 24.9 Å². The number of rotatable bonds is 7. The van der Waals surface area contributed by atoms with Crippen LogP contribution in [0.25, 0.3) is 0 Å². The fourth-order valence-electron chi connectivity index (χ4n) is 2.07. The quantitative estimate of drug-likeness (QED) is 0.219. The number of aliphatic imine (C=N–C) groups is 1. The van der Waals surface area contributed by atoms with Gasteiger partial charge in [0.25, 0.3) is 0 Å². The Morgan fingerprint density at radius 1 is 1.21 bits per heavy atom. The molecule has 0 aliphatic heterocycles. The minimum absolute atomic E-state index is 0. The third-order valence-electron chi connectivity index (χ3n) is 3.58. The molecular formula is C17H27IN6O3S. The highest BCUT2D eigenvalue weighted by Gasteiger charge is 2.19. The first-order valence-electron chi connectivity index (χ1n) is 8.52. The number of halogens is 1. The van der Waals surface area contributed by atoms with E-state index in [4.69, 9.17) is 4.42 Å². The Bertz CT molecular complexity index is 863. The Balaban J connectivity index is 0.00000392. The highest BCUT2D eigenvalue weighted by Crippen LogP contribution is 2.22. The lowest BCUT2D eigenvalue weighted by molar-refractivity contribution is 0.379. The van der Waals surface area contributed by atoms with Gasteiger partial charge in [0, 0.05) is 37.9 Å². The average Bonchev–Trinajstić information content (AvgIpc) is 3.11. The maximum absolute atomic E-state index is 12.1. The molecule has 0 atom stereocenters. The molecule has 0 spiro atoms. The molecule has 0 radical (unpaired) electrons. The molecule has 2 aromatic heterocycles. The molecule has 2 rings (SSSR count). The minimum atomic E-state index is -3.57. The molecule has 2 heterocycles. The second-order valence-electron chi connectivity index (χ2n) is 6.81. The predicted molar refractivity (Wildman–Crippen MR) is 118 cm³/mol. The number of nitrogens with zero attached hydrogens (tertiary/aromatic N) is 3. The highest BCUT2D eigenvalue weighted by atomic mass is 127. The predicted octanol–water partition coefficient (Wildman–Crippen LogP) is 1.63. The first-order chi connectivity index (χ1) is 12.7. The molecule has 0 bridgehead atoms. The van der Waals surface area contributed by atoms with Crippen molar-refractivity contribution in [2.45, 2.75) is 37.6 Å². The Kier molecular flexibility index (Phi) is 9.30. The summed E-state index contributed by atoms with van der Waals surface area (Å²) < 4.78 is 32.4. The highest BCUT2D eigenvalue weighted by molar-refractivity contribution is 14.0. The third kappa shape index (κ3) is 7.36. The molecule has 28 heavy (non-hydrogen) atoms. The summed E-state index contributed by atoms with van der Waals surface area (Å²) in [5.74, 6) is 1.89. The van der Waals surface area contributed by atoms with Crippen LogP contribution in [0.5, 0.6) is 0 Å². The molecule has 3 N–H and O–H groups in total. The molecular weight excluding hydrogens is 495 g/mol. The second-order valence-corrected chi connectivity index (χ2v) is 8.57. The van der Waals surface area contributed by atoms with E-state index in [-0.39, 0.29) is 40.8 Å². The number of aromatic nitrogens is 2. The molecule has 0 saturated carbocycles. The lowest BCUT2D eigenvalue weighted by Crippen LogP contribution is -2.41. The van der Waals surface area contributed by atoms with Crippen LogP contribution >= 0.6 is 24.0 Å². The maximum Gasteiger partial charge on any atom is 0.242 e. The first-order valence-corrected chi connectivity index (χ1v) is 10.00. The standard InChI is InChI=1S/C17H26N6O3S.HI/c1-17(2,3)14-11-21-15(26-14)12-22-16(18-4)20-8-9-23-27(24,25)13-6-5-7-19-10-13;/h5-7,10-11,23H,8-9,12H2,1-4H3,(H2,18,20,22);1H. The Hall–Kier alpha value is -1.73. The fourth-order valence-corrected chi connectivity index (χ4v) is 3.07. The maximum atomic E-state index is 12.1. The van der Waals surface area contributed by atoms with Gasteiger partial charge in [0.15, 0.2) is 5.96 Å². The van der Waals surface area contributed by atoms with Gasteiger partial charge in [0.1, 0.15) is 10.7 Å². The topological polar surface area (TPSA) is 122 Å². The van der Waals surface area contributed by atoms with Crippen molar-refractivity contribution in [2.75, 3.05) is 20.1 Å². The molecule has 156 valence electrons. The van der Waals surface area contributed by atoms with Crippen molar-refractivity contribution in [1.29, 1.82) is 0 Å². The summed E-state index contributed by atoms with van der Waals surface area (Å²) in [5.41, 5.74) is -0.101.